The highest BCUT2D eigenvalue weighted by atomic mass is 19.1. The molecule has 5 rings (SSSR count). The Morgan fingerprint density at radius 3 is 2.74 bits per heavy atom. The summed E-state index contributed by atoms with van der Waals surface area (Å²) in [4.78, 5) is 21.8. The average Bonchev–Trinajstić information content (AvgIpc) is 3.20. The molecule has 9 nitrogen and oxygen atoms in total. The van der Waals surface area contributed by atoms with E-state index in [0.717, 1.165) is 17.1 Å². The number of anilines is 5. The summed E-state index contributed by atoms with van der Waals surface area (Å²) in [5.41, 5.74) is 7.14. The Bertz CT molecular complexity index is 1330. The van der Waals surface area contributed by atoms with E-state index in [4.69, 9.17) is 10.5 Å². The van der Waals surface area contributed by atoms with Gasteiger partial charge in [-0.25, -0.2) is 9.37 Å². The molecule has 1 aliphatic rings. The number of nitrogens with zero attached hydrogens (tertiary/aromatic N) is 4. The Hall–Kier alpha value is -4.21. The average molecular weight is 419 g/mol. The predicted molar refractivity (Wildman–Crippen MR) is 114 cm³/mol. The Morgan fingerprint density at radius 1 is 1.13 bits per heavy atom. The summed E-state index contributed by atoms with van der Waals surface area (Å²) in [5, 5.41) is 10.7. The third-order valence-corrected chi connectivity index (χ3v) is 5.02. The first-order valence-electron chi connectivity index (χ1n) is 9.48. The Labute approximate surface area is 176 Å². The topological polar surface area (TPSA) is 122 Å². The van der Waals surface area contributed by atoms with Gasteiger partial charge in [0, 0.05) is 11.1 Å². The summed E-state index contributed by atoms with van der Waals surface area (Å²) in [6.07, 6.45) is 2.71. The van der Waals surface area contributed by atoms with E-state index in [9.17, 15) is 9.18 Å². The predicted octanol–water partition coefficient (Wildman–Crippen LogP) is 3.65. The van der Waals surface area contributed by atoms with E-state index < -0.39 is 11.4 Å². The number of amides is 1. The van der Waals surface area contributed by atoms with Crippen LogP contribution in [0.5, 0.6) is 5.75 Å². The molecule has 0 radical (unpaired) electrons. The molecule has 0 saturated carbocycles. The van der Waals surface area contributed by atoms with Gasteiger partial charge in [0.25, 0.3) is 5.91 Å². The van der Waals surface area contributed by atoms with Gasteiger partial charge in [0.1, 0.15) is 5.75 Å². The number of nitrogens with one attached hydrogen (secondary N) is 2. The third-order valence-electron chi connectivity index (χ3n) is 5.02. The number of nitrogen functional groups attached to an aromatic ring is 1. The molecule has 4 aromatic rings. The van der Waals surface area contributed by atoms with Crippen LogP contribution in [0.3, 0.4) is 0 Å². The maximum absolute atomic E-state index is 14.8. The summed E-state index contributed by atoms with van der Waals surface area (Å²) < 4.78 is 20.6. The van der Waals surface area contributed by atoms with Crippen molar-refractivity contribution in [1.29, 1.82) is 0 Å². The standard InChI is InChI=1S/C21H18FN7O2/c1-21(2)19(30)26-16-8-13(5-6-17(16)31-21)29(18-14(22)10-24-20(23)27-18)12-4-3-11-9-25-28-15(11)7-12/h3-10H,1-2H3,(H,25,28)(H,26,30)(H2,23,24,27). The van der Waals surface area contributed by atoms with E-state index in [0.29, 0.717) is 22.8 Å². The van der Waals surface area contributed by atoms with Crippen molar-refractivity contribution in [3.8, 4) is 5.75 Å². The Morgan fingerprint density at radius 2 is 1.90 bits per heavy atom. The van der Waals surface area contributed by atoms with Crippen molar-refractivity contribution in [2.24, 2.45) is 0 Å². The lowest BCUT2D eigenvalue weighted by atomic mass is 10.1. The van der Waals surface area contributed by atoms with Crippen molar-refractivity contribution >= 4 is 45.6 Å². The molecule has 0 saturated heterocycles. The highest BCUT2D eigenvalue weighted by Gasteiger charge is 2.35. The van der Waals surface area contributed by atoms with Crippen molar-refractivity contribution in [1.82, 2.24) is 20.2 Å². The number of ether oxygens (including phenoxy) is 1. The molecule has 0 unspecified atom stereocenters. The fraction of sp³-hybridized carbons (Fsp3) is 0.143. The SMILES string of the molecule is CC1(C)Oc2ccc(N(c3ccc4cn[nH]c4c3)c3nc(N)ncc3F)cc2NC1=O. The van der Waals surface area contributed by atoms with Crippen LogP contribution >= 0.6 is 0 Å². The van der Waals surface area contributed by atoms with Crippen LogP contribution in [0.15, 0.2) is 48.8 Å². The normalized spacial score (nSPS) is 14.6. The first-order valence-corrected chi connectivity index (χ1v) is 9.48. The van der Waals surface area contributed by atoms with Crippen molar-refractivity contribution in [3.63, 3.8) is 0 Å². The summed E-state index contributed by atoms with van der Waals surface area (Å²) >= 11 is 0. The second kappa shape index (κ2) is 6.66. The van der Waals surface area contributed by atoms with Crippen molar-refractivity contribution in [3.05, 3.63) is 54.6 Å². The zero-order valence-corrected chi connectivity index (χ0v) is 16.7. The smallest absolute Gasteiger partial charge is 0.268 e. The molecule has 0 atom stereocenters. The van der Waals surface area contributed by atoms with Gasteiger partial charge in [-0.15, -0.1) is 0 Å². The van der Waals surface area contributed by atoms with Crippen LogP contribution in [0, 0.1) is 5.82 Å². The minimum atomic E-state index is -0.993. The fourth-order valence-electron chi connectivity index (χ4n) is 3.42. The lowest BCUT2D eigenvalue weighted by Gasteiger charge is -2.32. The first kappa shape index (κ1) is 18.8. The van der Waals surface area contributed by atoms with Gasteiger partial charge in [0.2, 0.25) is 5.95 Å². The minimum absolute atomic E-state index is 0.0327. The number of aromatic amines is 1. The molecule has 10 heteroatoms. The largest absolute Gasteiger partial charge is 0.476 e. The lowest BCUT2D eigenvalue weighted by Crippen LogP contribution is -2.45. The van der Waals surface area contributed by atoms with Gasteiger partial charge in [-0.05, 0) is 50.2 Å². The first-order chi connectivity index (χ1) is 14.8. The van der Waals surface area contributed by atoms with Gasteiger partial charge in [0.15, 0.2) is 17.2 Å². The highest BCUT2D eigenvalue weighted by molar-refractivity contribution is 6.01. The van der Waals surface area contributed by atoms with E-state index in [1.54, 1.807) is 43.1 Å². The Kier molecular flexibility index (Phi) is 4.04. The molecule has 31 heavy (non-hydrogen) atoms. The van der Waals surface area contributed by atoms with Crippen LogP contribution in [0.1, 0.15) is 13.8 Å². The van der Waals surface area contributed by atoms with Crippen LogP contribution in [0.25, 0.3) is 10.9 Å². The van der Waals surface area contributed by atoms with Gasteiger partial charge < -0.3 is 15.8 Å². The Balaban J connectivity index is 1.69. The molecule has 1 aliphatic heterocycles. The number of hydrogen-bond acceptors (Lipinski definition) is 7. The molecule has 4 N–H and O–H groups in total. The monoisotopic (exact) mass is 419 g/mol. The molecule has 0 spiro atoms. The molecule has 0 bridgehead atoms. The van der Waals surface area contributed by atoms with Crippen LogP contribution in [0.2, 0.25) is 0 Å². The zero-order valence-electron chi connectivity index (χ0n) is 16.7. The summed E-state index contributed by atoms with van der Waals surface area (Å²) in [6.45, 7) is 3.37. The van der Waals surface area contributed by atoms with E-state index in [-0.39, 0.29) is 17.7 Å². The van der Waals surface area contributed by atoms with Crippen LogP contribution < -0.4 is 20.7 Å². The summed E-state index contributed by atoms with van der Waals surface area (Å²) in [6, 6.07) is 10.6. The van der Waals surface area contributed by atoms with Crippen molar-refractivity contribution in [2.45, 2.75) is 19.4 Å². The fourth-order valence-corrected chi connectivity index (χ4v) is 3.42. The molecule has 1 amide bonds. The number of carbonyl (C=O) groups excluding carboxylic acids is 1. The number of aromatic nitrogens is 4. The summed E-state index contributed by atoms with van der Waals surface area (Å²) in [5.74, 6) is -0.520. The number of halogens is 1. The maximum Gasteiger partial charge on any atom is 0.268 e. The van der Waals surface area contributed by atoms with Gasteiger partial charge >= 0.3 is 0 Å². The quantitative estimate of drug-likeness (QED) is 0.463. The minimum Gasteiger partial charge on any atom is -0.476 e. The molecular weight excluding hydrogens is 401 g/mol. The zero-order chi connectivity index (χ0) is 21.8. The number of benzene rings is 2. The van der Waals surface area contributed by atoms with Gasteiger partial charge in [-0.2, -0.15) is 10.1 Å². The molecule has 3 heterocycles. The number of carbonyl (C=O) groups is 1. The highest BCUT2D eigenvalue weighted by Crippen LogP contribution is 2.41. The van der Waals surface area contributed by atoms with Crippen LogP contribution in [-0.4, -0.2) is 31.7 Å². The number of hydrogen-bond donors (Lipinski definition) is 3. The molecule has 0 aliphatic carbocycles. The van der Waals surface area contributed by atoms with E-state index >= 15 is 0 Å². The van der Waals surface area contributed by atoms with E-state index in [1.807, 2.05) is 18.2 Å². The second-order valence-electron chi connectivity index (χ2n) is 7.62. The number of fused-ring (bicyclic) bond motifs is 2. The van der Waals surface area contributed by atoms with Crippen molar-refractivity contribution < 1.29 is 13.9 Å². The van der Waals surface area contributed by atoms with Crippen LogP contribution in [-0.2, 0) is 4.79 Å². The molecule has 0 fully saturated rings. The second-order valence-corrected chi connectivity index (χ2v) is 7.62. The molecular formula is C21H18FN7O2. The number of nitrogens with two attached hydrogens (primary N) is 1. The maximum atomic E-state index is 14.8. The molecule has 2 aromatic heterocycles. The van der Waals surface area contributed by atoms with Gasteiger partial charge in [-0.1, -0.05) is 0 Å². The van der Waals surface area contributed by atoms with Gasteiger partial charge in [0.05, 0.1) is 29.3 Å². The number of H-pyrrole nitrogens is 1. The van der Waals surface area contributed by atoms with Gasteiger partial charge in [-0.3, -0.25) is 14.8 Å². The van der Waals surface area contributed by atoms with E-state index in [2.05, 4.69) is 25.5 Å². The molecule has 156 valence electrons. The third kappa shape index (κ3) is 3.18. The van der Waals surface area contributed by atoms with Crippen molar-refractivity contribution in [2.75, 3.05) is 16.0 Å². The van der Waals surface area contributed by atoms with E-state index in [1.165, 1.54) is 0 Å². The van der Waals surface area contributed by atoms with Crippen LogP contribution in [0.4, 0.5) is 33.2 Å². The lowest BCUT2D eigenvalue weighted by molar-refractivity contribution is -0.129. The molecule has 2 aromatic carbocycles. The summed E-state index contributed by atoms with van der Waals surface area (Å²) in [7, 11) is 0. The number of rotatable bonds is 3.